The predicted molar refractivity (Wildman–Crippen MR) is 208 cm³/mol. The fraction of sp³-hybridized carbons (Fsp3) is 0.488. The summed E-state index contributed by atoms with van der Waals surface area (Å²) >= 11 is 0. The summed E-state index contributed by atoms with van der Waals surface area (Å²) in [6.45, 7) is 22.2. The van der Waals surface area contributed by atoms with Crippen LogP contribution in [0.25, 0.3) is 0 Å². The Morgan fingerprint density at radius 1 is 1.06 bits per heavy atom. The maximum atomic E-state index is 12.0. The number of rotatable bonds is 10. The molecule has 2 aliphatic heterocycles. The summed E-state index contributed by atoms with van der Waals surface area (Å²) in [5, 5.41) is 8.42. The highest BCUT2D eigenvalue weighted by Crippen LogP contribution is 2.23. The smallest absolute Gasteiger partial charge is 0.246 e. The van der Waals surface area contributed by atoms with E-state index in [1.807, 2.05) is 72.5 Å². The third-order valence-electron chi connectivity index (χ3n) is 7.56. The zero-order valence-corrected chi connectivity index (χ0v) is 31.5. The molecule has 3 N–H and O–H groups in total. The van der Waals surface area contributed by atoms with E-state index in [2.05, 4.69) is 58.1 Å². The van der Waals surface area contributed by atoms with Crippen LogP contribution in [0.1, 0.15) is 86.1 Å². The Morgan fingerprint density at radius 3 is 2.20 bits per heavy atom. The number of allylic oxidation sites excluding steroid dienone is 2. The van der Waals surface area contributed by atoms with Crippen molar-refractivity contribution in [1.82, 2.24) is 9.80 Å². The van der Waals surface area contributed by atoms with Crippen LogP contribution in [0, 0.1) is 11.3 Å². The zero-order valence-electron chi connectivity index (χ0n) is 31.5. The lowest BCUT2D eigenvalue weighted by Gasteiger charge is -2.30. The van der Waals surface area contributed by atoms with Gasteiger partial charge in [0.25, 0.3) is 0 Å². The topological polar surface area (TPSA) is 104 Å². The van der Waals surface area contributed by atoms with Gasteiger partial charge in [0.15, 0.2) is 0 Å². The van der Waals surface area contributed by atoms with Crippen LogP contribution in [0.5, 0.6) is 11.5 Å². The van der Waals surface area contributed by atoms with Crippen LogP contribution in [-0.4, -0.2) is 73.1 Å². The van der Waals surface area contributed by atoms with Crippen molar-refractivity contribution in [3.63, 3.8) is 0 Å². The molecule has 0 radical (unpaired) electrons. The number of nitrogens with two attached hydrogens (primary N) is 1. The van der Waals surface area contributed by atoms with Gasteiger partial charge in [-0.15, -0.1) is 0 Å². The molecule has 8 heteroatoms. The van der Waals surface area contributed by atoms with Crippen LogP contribution in [0.15, 0.2) is 95.8 Å². The molecule has 2 heterocycles. The molecule has 4 rings (SSSR count). The average molecular weight is 674 g/mol. The largest absolute Gasteiger partial charge is 0.457 e. The van der Waals surface area contributed by atoms with Crippen molar-refractivity contribution in [3.05, 3.63) is 96.4 Å². The van der Waals surface area contributed by atoms with Crippen LogP contribution < -0.4 is 10.5 Å². The van der Waals surface area contributed by atoms with Gasteiger partial charge in [-0.3, -0.25) is 20.1 Å². The molecule has 49 heavy (non-hydrogen) atoms. The van der Waals surface area contributed by atoms with Gasteiger partial charge in [-0.2, -0.15) is 0 Å². The molecule has 2 aromatic carbocycles. The molecule has 0 aliphatic carbocycles. The molecule has 0 spiro atoms. The number of ether oxygens (including phenoxy) is 2. The van der Waals surface area contributed by atoms with Gasteiger partial charge < -0.3 is 20.1 Å². The number of para-hydroxylation sites is 1. The second-order valence-electron chi connectivity index (χ2n) is 12.6. The number of likely N-dealkylation sites (tertiary alicyclic amines) is 1. The summed E-state index contributed by atoms with van der Waals surface area (Å²) in [5.74, 6) is 2.30. The number of carbonyl (C=O) groups is 1. The van der Waals surface area contributed by atoms with Crippen molar-refractivity contribution in [2.75, 3.05) is 39.9 Å². The molecule has 2 fully saturated rings. The number of carbonyl (C=O) groups excluding carboxylic acids is 1. The Kier molecular flexibility index (Phi) is 22.0. The fourth-order valence-electron chi connectivity index (χ4n) is 5.16. The molecule has 0 bridgehead atoms. The number of piperidine rings is 1. The molecule has 270 valence electrons. The van der Waals surface area contributed by atoms with Crippen LogP contribution in [0.3, 0.4) is 0 Å². The Bertz CT molecular complexity index is 1320. The standard InChI is InChI=1S/C20H21N3O.C15H26N2O2.2C3H8/c1-4-23-15(3)19(14(2)21)20(22)16-10-12-18(13-11-16)24-17-8-6-5-7-9-17;1-13-5-3-9-17(11-13)15(18)6-4-8-16(2)14-7-10-19-12-14;2*1-3-2/h4-13,22H,1,21H2,2-3H3;4,6,13-14H,3,5,7-12H2,1-2H3;2*3H2,1-2H3/b19-14-,22-20?,23-15?;6-4+;;/t;13-,14+;;/m.1../s1. The molecule has 2 atom stereocenters. The number of benzene rings is 2. The van der Waals surface area contributed by atoms with Gasteiger partial charge in [0.2, 0.25) is 5.91 Å². The van der Waals surface area contributed by atoms with Crippen molar-refractivity contribution >= 4 is 17.3 Å². The zero-order chi connectivity index (χ0) is 36.6. The first-order valence-corrected chi connectivity index (χ1v) is 17.8. The summed E-state index contributed by atoms with van der Waals surface area (Å²) in [4.78, 5) is 20.4. The van der Waals surface area contributed by atoms with E-state index in [-0.39, 0.29) is 5.91 Å². The molecular weight excluding hydrogens is 610 g/mol. The van der Waals surface area contributed by atoms with E-state index in [1.54, 1.807) is 13.0 Å². The minimum Gasteiger partial charge on any atom is -0.457 e. The highest BCUT2D eigenvalue weighted by Gasteiger charge is 2.21. The molecule has 2 saturated heterocycles. The van der Waals surface area contributed by atoms with E-state index in [0.717, 1.165) is 57.0 Å². The van der Waals surface area contributed by atoms with Crippen LogP contribution in [-0.2, 0) is 9.53 Å². The molecule has 0 unspecified atom stereocenters. The van der Waals surface area contributed by atoms with Gasteiger partial charge in [-0.05, 0) is 82.5 Å². The van der Waals surface area contributed by atoms with E-state index >= 15 is 0 Å². The van der Waals surface area contributed by atoms with Gasteiger partial charge in [-0.25, -0.2) is 0 Å². The second kappa shape index (κ2) is 25.0. The molecule has 0 aromatic heterocycles. The number of hydrogen-bond acceptors (Lipinski definition) is 7. The lowest BCUT2D eigenvalue weighted by atomic mass is 9.97. The van der Waals surface area contributed by atoms with Crippen LogP contribution in [0.4, 0.5) is 0 Å². The number of hydrogen-bond donors (Lipinski definition) is 2. The van der Waals surface area contributed by atoms with E-state index in [4.69, 9.17) is 20.6 Å². The number of aliphatic imine (C=N–C) groups is 1. The Balaban J connectivity index is 0.000000430. The Labute approximate surface area is 297 Å². The number of likely N-dealkylation sites (N-methyl/N-ethyl adjacent to an activating group) is 1. The number of nitrogens with one attached hydrogen (secondary N) is 1. The first-order valence-electron chi connectivity index (χ1n) is 17.8. The summed E-state index contributed by atoms with van der Waals surface area (Å²) in [6, 6.07) is 17.4. The van der Waals surface area contributed by atoms with Crippen molar-refractivity contribution in [3.8, 4) is 11.5 Å². The molecule has 2 aliphatic rings. The Morgan fingerprint density at radius 2 is 1.67 bits per heavy atom. The maximum absolute atomic E-state index is 12.0. The van der Waals surface area contributed by atoms with Gasteiger partial charge in [-0.1, -0.05) is 78.3 Å². The summed E-state index contributed by atoms with van der Waals surface area (Å²) < 4.78 is 11.1. The van der Waals surface area contributed by atoms with Crippen molar-refractivity contribution in [1.29, 1.82) is 5.41 Å². The van der Waals surface area contributed by atoms with Gasteiger partial charge >= 0.3 is 0 Å². The minimum absolute atomic E-state index is 0.169. The van der Waals surface area contributed by atoms with Gasteiger partial charge in [0, 0.05) is 67.1 Å². The molecule has 8 nitrogen and oxygen atoms in total. The van der Waals surface area contributed by atoms with Crippen molar-refractivity contribution in [2.24, 2.45) is 16.6 Å². The fourth-order valence-corrected chi connectivity index (χ4v) is 5.16. The third kappa shape index (κ3) is 16.8. The summed E-state index contributed by atoms with van der Waals surface area (Å²) in [7, 11) is 2.09. The quantitative estimate of drug-likeness (QED) is 0.193. The number of nitrogens with zero attached hydrogens (tertiary/aromatic N) is 3. The number of amides is 1. The van der Waals surface area contributed by atoms with Crippen LogP contribution >= 0.6 is 0 Å². The highest BCUT2D eigenvalue weighted by molar-refractivity contribution is 6.28. The minimum atomic E-state index is 0.169. The van der Waals surface area contributed by atoms with Crippen LogP contribution in [0.2, 0.25) is 0 Å². The molecule has 1 amide bonds. The lowest BCUT2D eigenvalue weighted by molar-refractivity contribution is -0.127. The SMILES string of the molecule is C=CN=C(C)/C(C(=N)c1ccc(Oc2ccccc2)cc1)=C(\C)N.CCC.CCC.C[C@@H]1CCCN(C(=O)/C=C/CN(C)[C@H]2CCOC2)C1. The molecular formula is C41H63N5O3. The molecule has 2 aromatic rings. The van der Waals surface area contributed by atoms with Gasteiger partial charge in [0.1, 0.15) is 11.5 Å². The first kappa shape index (κ1) is 43.0. The van der Waals surface area contributed by atoms with E-state index < -0.39 is 0 Å². The molecule has 0 saturated carbocycles. The Hall–Kier alpha value is -4.01. The third-order valence-corrected chi connectivity index (χ3v) is 7.56. The normalized spacial score (nSPS) is 17.8. The summed E-state index contributed by atoms with van der Waals surface area (Å²) in [5.41, 5.74) is 8.84. The summed E-state index contributed by atoms with van der Waals surface area (Å²) in [6.07, 6.45) is 11.2. The van der Waals surface area contributed by atoms with Crippen molar-refractivity contribution < 1.29 is 14.3 Å². The second-order valence-corrected chi connectivity index (χ2v) is 12.6. The predicted octanol–water partition coefficient (Wildman–Crippen LogP) is 9.04. The monoisotopic (exact) mass is 673 g/mol. The van der Waals surface area contributed by atoms with E-state index in [1.165, 1.54) is 25.5 Å². The first-order chi connectivity index (χ1) is 23.5. The van der Waals surface area contributed by atoms with E-state index in [0.29, 0.717) is 40.4 Å². The van der Waals surface area contributed by atoms with Gasteiger partial charge in [0.05, 0.1) is 12.3 Å². The maximum Gasteiger partial charge on any atom is 0.246 e. The van der Waals surface area contributed by atoms with E-state index in [9.17, 15) is 4.79 Å². The van der Waals surface area contributed by atoms with Crippen molar-refractivity contribution in [2.45, 2.75) is 86.6 Å². The lowest BCUT2D eigenvalue weighted by Crippen LogP contribution is -2.38. The highest BCUT2D eigenvalue weighted by atomic mass is 16.5. The average Bonchev–Trinajstić information content (AvgIpc) is 3.62.